The minimum Gasteiger partial charge on any atom is -0.342 e. The van der Waals surface area contributed by atoms with Gasteiger partial charge in [-0.2, -0.15) is 4.31 Å². The van der Waals surface area contributed by atoms with E-state index in [1.807, 2.05) is 18.7 Å². The first-order valence-electron chi connectivity index (χ1n) is 9.28. The summed E-state index contributed by atoms with van der Waals surface area (Å²) in [6.07, 6.45) is 0. The minimum absolute atomic E-state index is 0.0104. The maximum absolute atomic E-state index is 12.9. The number of benzene rings is 1. The van der Waals surface area contributed by atoms with Gasteiger partial charge < -0.3 is 4.90 Å². The van der Waals surface area contributed by atoms with Crippen LogP contribution >= 0.6 is 0 Å². The number of piperazine rings is 1. The molecule has 1 fully saturated rings. The maximum Gasteiger partial charge on any atom is 0.258 e. The van der Waals surface area contributed by atoms with Crippen molar-refractivity contribution in [3.8, 4) is 0 Å². The third-order valence-corrected chi connectivity index (χ3v) is 7.05. The molecule has 2 aliphatic rings. The first-order chi connectivity index (χ1) is 13.3. The number of carbonyl (C=O) groups is 3. The number of sulfonamides is 1. The van der Waals surface area contributed by atoms with Gasteiger partial charge in [0.15, 0.2) is 0 Å². The van der Waals surface area contributed by atoms with Crippen molar-refractivity contribution in [3.63, 3.8) is 0 Å². The standard InChI is InChI=1S/C18H24N4O5S/c1-3-21(4-2)16(23)12-20-7-9-22(10-8-20)28(26,27)13-5-6-14-15(11-13)18(25)19-17(14)24/h5-6,11H,3-4,7-10,12H2,1-2H3,(H,19,24,25). The fourth-order valence-corrected chi connectivity index (χ4v) is 4.90. The molecule has 0 atom stereocenters. The number of rotatable bonds is 6. The van der Waals surface area contributed by atoms with Gasteiger partial charge in [-0.1, -0.05) is 0 Å². The second-order valence-electron chi connectivity index (χ2n) is 6.74. The molecule has 2 aliphatic heterocycles. The second kappa shape index (κ2) is 7.98. The number of carbonyl (C=O) groups excluding carboxylic acids is 3. The molecular formula is C18H24N4O5S. The molecule has 152 valence electrons. The van der Waals surface area contributed by atoms with Crippen LogP contribution < -0.4 is 5.32 Å². The Hall–Kier alpha value is -2.30. The second-order valence-corrected chi connectivity index (χ2v) is 8.67. The van der Waals surface area contributed by atoms with Crippen LogP contribution in [0.1, 0.15) is 34.6 Å². The summed E-state index contributed by atoms with van der Waals surface area (Å²) in [5.74, 6) is -1.07. The zero-order chi connectivity index (χ0) is 20.5. The van der Waals surface area contributed by atoms with Crippen molar-refractivity contribution in [2.45, 2.75) is 18.7 Å². The fourth-order valence-electron chi connectivity index (χ4n) is 3.45. The van der Waals surface area contributed by atoms with E-state index in [1.54, 1.807) is 4.90 Å². The Morgan fingerprint density at radius 1 is 1.04 bits per heavy atom. The van der Waals surface area contributed by atoms with Crippen molar-refractivity contribution in [1.29, 1.82) is 0 Å². The predicted octanol–water partition coefficient (Wildman–Crippen LogP) is -0.255. The number of fused-ring (bicyclic) bond motifs is 1. The summed E-state index contributed by atoms with van der Waals surface area (Å²) in [7, 11) is -3.78. The molecule has 1 aromatic carbocycles. The van der Waals surface area contributed by atoms with Crippen LogP contribution in [0.2, 0.25) is 0 Å². The van der Waals surface area contributed by atoms with E-state index in [0.29, 0.717) is 26.2 Å². The molecule has 0 saturated carbocycles. The molecule has 0 radical (unpaired) electrons. The zero-order valence-electron chi connectivity index (χ0n) is 16.0. The van der Waals surface area contributed by atoms with E-state index in [1.165, 1.54) is 22.5 Å². The van der Waals surface area contributed by atoms with Gasteiger partial charge in [0, 0.05) is 39.3 Å². The topological polar surface area (TPSA) is 107 Å². The van der Waals surface area contributed by atoms with Gasteiger partial charge in [-0.3, -0.25) is 24.6 Å². The van der Waals surface area contributed by atoms with Crippen LogP contribution in [0.5, 0.6) is 0 Å². The predicted molar refractivity (Wildman–Crippen MR) is 101 cm³/mol. The molecule has 9 nitrogen and oxygen atoms in total. The number of likely N-dealkylation sites (N-methyl/N-ethyl adjacent to an activating group) is 1. The van der Waals surface area contributed by atoms with Gasteiger partial charge in [-0.05, 0) is 32.0 Å². The maximum atomic E-state index is 12.9. The van der Waals surface area contributed by atoms with E-state index >= 15 is 0 Å². The summed E-state index contributed by atoms with van der Waals surface area (Å²) < 4.78 is 27.2. The zero-order valence-corrected chi connectivity index (χ0v) is 16.8. The Labute approximate surface area is 164 Å². The molecule has 3 rings (SSSR count). The van der Waals surface area contributed by atoms with Crippen molar-refractivity contribution >= 4 is 27.7 Å². The van der Waals surface area contributed by atoms with E-state index in [0.717, 1.165) is 0 Å². The average molecular weight is 408 g/mol. The highest BCUT2D eigenvalue weighted by molar-refractivity contribution is 7.89. The van der Waals surface area contributed by atoms with Gasteiger partial charge in [0.1, 0.15) is 0 Å². The van der Waals surface area contributed by atoms with Crippen LogP contribution in [0.4, 0.5) is 0 Å². The van der Waals surface area contributed by atoms with Crippen LogP contribution in [0.15, 0.2) is 23.1 Å². The molecule has 0 aliphatic carbocycles. The normalized spacial score (nSPS) is 18.1. The summed E-state index contributed by atoms with van der Waals surface area (Å²) >= 11 is 0. The van der Waals surface area contributed by atoms with Crippen molar-refractivity contribution in [1.82, 2.24) is 19.4 Å². The average Bonchev–Trinajstić information content (AvgIpc) is 2.96. The number of hydrogen-bond acceptors (Lipinski definition) is 6. The van der Waals surface area contributed by atoms with E-state index in [4.69, 9.17) is 0 Å². The quantitative estimate of drug-likeness (QED) is 0.650. The Kier molecular flexibility index (Phi) is 5.82. The van der Waals surface area contributed by atoms with Crippen molar-refractivity contribution in [2.24, 2.45) is 0 Å². The molecule has 28 heavy (non-hydrogen) atoms. The lowest BCUT2D eigenvalue weighted by atomic mass is 10.1. The van der Waals surface area contributed by atoms with Gasteiger partial charge in [-0.15, -0.1) is 0 Å². The SMILES string of the molecule is CCN(CC)C(=O)CN1CCN(S(=O)(=O)c2ccc3c(c2)C(=O)NC3=O)CC1. The van der Waals surface area contributed by atoms with Crippen molar-refractivity contribution in [2.75, 3.05) is 45.8 Å². The fraction of sp³-hybridized carbons (Fsp3) is 0.500. The molecule has 0 bridgehead atoms. The smallest absolute Gasteiger partial charge is 0.258 e. The van der Waals surface area contributed by atoms with Gasteiger partial charge in [-0.25, -0.2) is 8.42 Å². The van der Waals surface area contributed by atoms with E-state index in [9.17, 15) is 22.8 Å². The summed E-state index contributed by atoms with van der Waals surface area (Å²) in [4.78, 5) is 39.3. The van der Waals surface area contributed by atoms with Crippen LogP contribution in [-0.2, 0) is 14.8 Å². The molecule has 2 heterocycles. The molecule has 1 saturated heterocycles. The number of nitrogens with one attached hydrogen (secondary N) is 1. The lowest BCUT2D eigenvalue weighted by Crippen LogP contribution is -2.51. The third-order valence-electron chi connectivity index (χ3n) is 5.15. The summed E-state index contributed by atoms with van der Waals surface area (Å²) in [6.45, 7) is 6.86. The summed E-state index contributed by atoms with van der Waals surface area (Å²) in [5, 5.41) is 2.15. The number of hydrogen-bond donors (Lipinski definition) is 1. The monoisotopic (exact) mass is 408 g/mol. The highest BCUT2D eigenvalue weighted by Crippen LogP contribution is 2.23. The molecular weight excluding hydrogens is 384 g/mol. The lowest BCUT2D eigenvalue weighted by molar-refractivity contribution is -0.132. The molecule has 0 unspecified atom stereocenters. The first-order valence-corrected chi connectivity index (χ1v) is 10.7. The van der Waals surface area contributed by atoms with Gasteiger partial charge in [0.25, 0.3) is 11.8 Å². The number of amides is 3. The Bertz CT molecular complexity index is 903. The van der Waals surface area contributed by atoms with Gasteiger partial charge >= 0.3 is 0 Å². The van der Waals surface area contributed by atoms with Crippen LogP contribution in [0, 0.1) is 0 Å². The van der Waals surface area contributed by atoms with E-state index < -0.39 is 21.8 Å². The highest BCUT2D eigenvalue weighted by atomic mass is 32.2. The number of nitrogens with zero attached hydrogens (tertiary/aromatic N) is 3. The largest absolute Gasteiger partial charge is 0.342 e. The molecule has 3 amide bonds. The van der Waals surface area contributed by atoms with Crippen LogP contribution in [0.25, 0.3) is 0 Å². The summed E-state index contributed by atoms with van der Waals surface area (Å²) in [5.41, 5.74) is 0.262. The summed E-state index contributed by atoms with van der Waals surface area (Å²) in [6, 6.07) is 3.96. The molecule has 1 aromatic rings. The van der Waals surface area contributed by atoms with Crippen LogP contribution in [0.3, 0.4) is 0 Å². The van der Waals surface area contributed by atoms with E-state index in [-0.39, 0.29) is 41.6 Å². The van der Waals surface area contributed by atoms with Crippen molar-refractivity contribution in [3.05, 3.63) is 29.3 Å². The number of imide groups is 1. The first kappa shape index (κ1) is 20.4. The van der Waals surface area contributed by atoms with Crippen LogP contribution in [-0.4, -0.2) is 86.1 Å². The minimum atomic E-state index is -3.78. The molecule has 1 N–H and O–H groups in total. The van der Waals surface area contributed by atoms with Gasteiger partial charge in [0.05, 0.1) is 22.6 Å². The third kappa shape index (κ3) is 3.80. The van der Waals surface area contributed by atoms with Crippen molar-refractivity contribution < 1.29 is 22.8 Å². The molecule has 0 aromatic heterocycles. The van der Waals surface area contributed by atoms with E-state index in [2.05, 4.69) is 5.32 Å². The Balaban J connectivity index is 1.67. The Morgan fingerprint density at radius 3 is 2.25 bits per heavy atom. The lowest BCUT2D eigenvalue weighted by Gasteiger charge is -2.34. The Morgan fingerprint density at radius 2 is 1.64 bits per heavy atom. The molecule has 0 spiro atoms. The van der Waals surface area contributed by atoms with Gasteiger partial charge in [0.2, 0.25) is 15.9 Å². The highest BCUT2D eigenvalue weighted by Gasteiger charge is 2.33. The molecule has 10 heteroatoms.